The van der Waals surface area contributed by atoms with Crippen LogP contribution in [0.25, 0.3) is 16.9 Å². The van der Waals surface area contributed by atoms with Gasteiger partial charge in [-0.05, 0) is 37.5 Å². The zero-order valence-electron chi connectivity index (χ0n) is 15.6. The Labute approximate surface area is 170 Å². The summed E-state index contributed by atoms with van der Waals surface area (Å²) in [4.78, 5) is 9.52. The maximum absolute atomic E-state index is 4.88. The van der Waals surface area contributed by atoms with Gasteiger partial charge in [0.2, 0.25) is 0 Å². The van der Waals surface area contributed by atoms with Crippen LogP contribution in [0, 0.1) is 6.92 Å². The molecule has 5 heterocycles. The van der Waals surface area contributed by atoms with Crippen LogP contribution in [0.5, 0.6) is 0 Å². The van der Waals surface area contributed by atoms with E-state index in [0.29, 0.717) is 5.25 Å². The Bertz CT molecular complexity index is 1120. The summed E-state index contributed by atoms with van der Waals surface area (Å²) in [6, 6.07) is 2.02. The number of nitrogens with one attached hydrogen (secondary N) is 2. The number of fused-ring (bicyclic) bond motifs is 1. The third kappa shape index (κ3) is 3.38. The summed E-state index contributed by atoms with van der Waals surface area (Å²) in [6.45, 7) is 4.07. The van der Waals surface area contributed by atoms with Crippen LogP contribution in [0.15, 0.2) is 35.9 Å². The molecule has 5 rings (SSSR count). The summed E-state index contributed by atoms with van der Waals surface area (Å²) in [7, 11) is 1.92. The number of aryl methyl sites for hydroxylation is 2. The first kappa shape index (κ1) is 17.7. The molecule has 8 nitrogen and oxygen atoms in total. The topological polar surface area (TPSA) is 85.0 Å². The van der Waals surface area contributed by atoms with Gasteiger partial charge in [-0.2, -0.15) is 9.47 Å². The van der Waals surface area contributed by atoms with E-state index in [2.05, 4.69) is 35.7 Å². The Hall–Kier alpha value is -2.43. The first-order valence-corrected chi connectivity index (χ1v) is 10.8. The first-order valence-electron chi connectivity index (χ1n) is 9.10. The van der Waals surface area contributed by atoms with Crippen LogP contribution in [0.2, 0.25) is 0 Å². The lowest BCUT2D eigenvalue weighted by Gasteiger charge is -2.11. The van der Waals surface area contributed by atoms with E-state index in [4.69, 9.17) is 4.98 Å². The van der Waals surface area contributed by atoms with Crippen molar-refractivity contribution in [3.8, 4) is 11.3 Å². The van der Waals surface area contributed by atoms with Gasteiger partial charge in [0, 0.05) is 36.8 Å². The van der Waals surface area contributed by atoms with Gasteiger partial charge < -0.3 is 10.6 Å². The molecule has 4 aromatic rings. The lowest BCUT2D eigenvalue weighted by atomic mass is 10.3. The molecule has 0 bridgehead atoms. The highest BCUT2D eigenvalue weighted by Crippen LogP contribution is 2.32. The lowest BCUT2D eigenvalue weighted by Crippen LogP contribution is -2.10. The van der Waals surface area contributed by atoms with Crippen LogP contribution in [0.1, 0.15) is 12.1 Å². The summed E-state index contributed by atoms with van der Waals surface area (Å²) in [6.07, 6.45) is 8.97. The molecule has 0 aromatic carbocycles. The average molecular weight is 413 g/mol. The van der Waals surface area contributed by atoms with Gasteiger partial charge in [0.05, 0.1) is 23.8 Å². The van der Waals surface area contributed by atoms with Crippen LogP contribution in [-0.4, -0.2) is 46.9 Å². The molecule has 1 unspecified atom stereocenters. The molecule has 0 saturated carbocycles. The Balaban J connectivity index is 1.60. The Morgan fingerprint density at radius 2 is 2.25 bits per heavy atom. The fourth-order valence-corrected chi connectivity index (χ4v) is 5.06. The summed E-state index contributed by atoms with van der Waals surface area (Å²) in [5.74, 6) is 0.745. The molecule has 28 heavy (non-hydrogen) atoms. The second kappa shape index (κ2) is 7.19. The number of nitrogens with zero attached hydrogens (tertiary/aromatic N) is 6. The second-order valence-electron chi connectivity index (χ2n) is 6.86. The largest absolute Gasteiger partial charge is 0.328 e. The van der Waals surface area contributed by atoms with Crippen LogP contribution in [-0.2, 0) is 7.05 Å². The SMILES string of the molecule is Cc1cc(Nc2nc(SC3CCNC3)cn3c(-c4cnn(C)c4)cnc23)sn1. The highest BCUT2D eigenvalue weighted by Gasteiger charge is 2.20. The van der Waals surface area contributed by atoms with Crippen LogP contribution in [0.4, 0.5) is 10.8 Å². The minimum absolute atomic E-state index is 0.536. The van der Waals surface area contributed by atoms with Crippen molar-refractivity contribution in [2.75, 3.05) is 18.4 Å². The molecular formula is C18H20N8S2. The summed E-state index contributed by atoms with van der Waals surface area (Å²) < 4.78 is 8.26. The van der Waals surface area contributed by atoms with E-state index < -0.39 is 0 Å². The van der Waals surface area contributed by atoms with E-state index in [0.717, 1.165) is 58.0 Å². The fraction of sp³-hybridized carbons (Fsp3) is 0.333. The number of anilines is 2. The van der Waals surface area contributed by atoms with Gasteiger partial charge >= 0.3 is 0 Å². The van der Waals surface area contributed by atoms with Crippen LogP contribution < -0.4 is 10.6 Å². The van der Waals surface area contributed by atoms with E-state index in [-0.39, 0.29) is 0 Å². The summed E-state index contributed by atoms with van der Waals surface area (Å²) in [5.41, 5.74) is 3.81. The molecule has 1 saturated heterocycles. The minimum Gasteiger partial charge on any atom is -0.328 e. The Morgan fingerprint density at radius 3 is 2.96 bits per heavy atom. The predicted octanol–water partition coefficient (Wildman–Crippen LogP) is 3.09. The lowest BCUT2D eigenvalue weighted by molar-refractivity contribution is 0.768. The van der Waals surface area contributed by atoms with Crippen molar-refractivity contribution >= 4 is 39.8 Å². The van der Waals surface area contributed by atoms with Crippen molar-refractivity contribution in [3.63, 3.8) is 0 Å². The van der Waals surface area contributed by atoms with Gasteiger partial charge in [-0.1, -0.05) is 0 Å². The van der Waals surface area contributed by atoms with Crippen molar-refractivity contribution < 1.29 is 0 Å². The maximum Gasteiger partial charge on any atom is 0.181 e. The number of hydrogen-bond acceptors (Lipinski definition) is 8. The van der Waals surface area contributed by atoms with Gasteiger partial charge in [-0.25, -0.2) is 9.97 Å². The van der Waals surface area contributed by atoms with Gasteiger partial charge in [-0.3, -0.25) is 9.08 Å². The van der Waals surface area contributed by atoms with Crippen LogP contribution in [0.3, 0.4) is 0 Å². The Morgan fingerprint density at radius 1 is 1.32 bits per heavy atom. The molecule has 2 N–H and O–H groups in total. The molecule has 144 valence electrons. The molecule has 1 aliphatic heterocycles. The van der Waals surface area contributed by atoms with E-state index in [1.807, 2.05) is 50.4 Å². The molecule has 1 fully saturated rings. The summed E-state index contributed by atoms with van der Waals surface area (Å²) >= 11 is 3.24. The molecule has 1 atom stereocenters. The summed E-state index contributed by atoms with van der Waals surface area (Å²) in [5, 5.41) is 13.6. The number of aromatic nitrogens is 6. The predicted molar refractivity (Wildman–Crippen MR) is 112 cm³/mol. The number of imidazole rings is 1. The van der Waals surface area contributed by atoms with Crippen LogP contribution >= 0.6 is 23.3 Å². The van der Waals surface area contributed by atoms with Crippen molar-refractivity contribution in [2.24, 2.45) is 7.05 Å². The zero-order chi connectivity index (χ0) is 19.1. The molecule has 10 heteroatoms. The molecule has 0 aliphatic carbocycles. The van der Waals surface area contributed by atoms with Crippen molar-refractivity contribution in [1.29, 1.82) is 0 Å². The Kier molecular flexibility index (Phi) is 4.53. The third-order valence-corrected chi connectivity index (χ3v) is 6.61. The molecule has 4 aromatic heterocycles. The normalized spacial score (nSPS) is 16.9. The second-order valence-corrected chi connectivity index (χ2v) is 8.98. The van der Waals surface area contributed by atoms with Gasteiger partial charge in [0.15, 0.2) is 11.5 Å². The first-order chi connectivity index (χ1) is 13.7. The highest BCUT2D eigenvalue weighted by molar-refractivity contribution is 7.99. The van der Waals surface area contributed by atoms with Crippen molar-refractivity contribution in [1.82, 2.24) is 33.8 Å². The molecule has 1 aliphatic rings. The zero-order valence-corrected chi connectivity index (χ0v) is 17.2. The molecular weight excluding hydrogens is 392 g/mol. The third-order valence-electron chi connectivity index (χ3n) is 4.64. The molecule has 0 amide bonds. The van der Waals surface area contributed by atoms with E-state index in [1.165, 1.54) is 11.5 Å². The number of thioether (sulfide) groups is 1. The average Bonchev–Trinajstić information content (AvgIpc) is 3.43. The fourth-order valence-electron chi connectivity index (χ4n) is 3.31. The van der Waals surface area contributed by atoms with E-state index in [9.17, 15) is 0 Å². The van der Waals surface area contributed by atoms with E-state index >= 15 is 0 Å². The van der Waals surface area contributed by atoms with Crippen molar-refractivity contribution in [3.05, 3.63) is 36.5 Å². The molecule has 0 spiro atoms. The van der Waals surface area contributed by atoms with Gasteiger partial charge in [0.1, 0.15) is 10.0 Å². The molecule has 0 radical (unpaired) electrons. The highest BCUT2D eigenvalue weighted by atomic mass is 32.2. The number of hydrogen-bond donors (Lipinski definition) is 2. The minimum atomic E-state index is 0.536. The standard InChI is InChI=1S/C18H20N8S2/c1-11-5-15(28-24-11)22-17-18-20-8-14(12-6-21-25(2)9-12)26(18)10-16(23-17)27-13-3-4-19-7-13/h5-6,8-10,13,19H,3-4,7H2,1-2H3,(H,22,23). The van der Waals surface area contributed by atoms with Gasteiger partial charge in [0.25, 0.3) is 0 Å². The smallest absolute Gasteiger partial charge is 0.181 e. The van der Waals surface area contributed by atoms with Gasteiger partial charge in [-0.15, -0.1) is 11.8 Å². The van der Waals surface area contributed by atoms with Crippen molar-refractivity contribution in [2.45, 2.75) is 23.6 Å². The number of rotatable bonds is 5. The quantitative estimate of drug-likeness (QED) is 0.521. The monoisotopic (exact) mass is 412 g/mol. The van der Waals surface area contributed by atoms with E-state index in [1.54, 1.807) is 4.68 Å². The maximum atomic E-state index is 4.88.